The van der Waals surface area contributed by atoms with Gasteiger partial charge in [-0.3, -0.25) is 9.52 Å². The van der Waals surface area contributed by atoms with Crippen LogP contribution in [0.5, 0.6) is 0 Å². The Hall–Kier alpha value is -3.12. The van der Waals surface area contributed by atoms with Crippen LogP contribution in [-0.2, 0) is 22.9 Å². The molecule has 0 aromatic heterocycles. The smallest absolute Gasteiger partial charge is 0.262 e. The predicted octanol–water partition coefficient (Wildman–Crippen LogP) is 5.78. The average Bonchev–Trinajstić information content (AvgIpc) is 2.77. The lowest BCUT2D eigenvalue weighted by Gasteiger charge is -2.20. The molecule has 0 spiro atoms. The number of hydrogen-bond donors (Lipinski definition) is 2. The van der Waals surface area contributed by atoms with Crippen LogP contribution in [0.15, 0.2) is 59.5 Å². The first kappa shape index (κ1) is 24.0. The highest BCUT2D eigenvalue weighted by Crippen LogP contribution is 2.26. The van der Waals surface area contributed by atoms with Crippen molar-refractivity contribution in [1.29, 1.82) is 0 Å². The van der Waals surface area contributed by atoms with E-state index >= 15 is 0 Å². The van der Waals surface area contributed by atoms with E-state index in [4.69, 9.17) is 0 Å². The van der Waals surface area contributed by atoms with Crippen molar-refractivity contribution < 1.29 is 13.2 Å². The molecule has 178 valence electrons. The van der Waals surface area contributed by atoms with Crippen LogP contribution in [0.1, 0.15) is 69.5 Å². The number of carbonyl (C=O) groups is 1. The second kappa shape index (κ2) is 9.63. The minimum atomic E-state index is -3.85. The van der Waals surface area contributed by atoms with Crippen LogP contribution >= 0.6 is 0 Å². The van der Waals surface area contributed by atoms with Crippen molar-refractivity contribution in [3.63, 3.8) is 0 Å². The van der Waals surface area contributed by atoms with Gasteiger partial charge in [0.15, 0.2) is 0 Å². The molecule has 0 aliphatic heterocycles. The van der Waals surface area contributed by atoms with Gasteiger partial charge in [0, 0.05) is 11.3 Å². The molecule has 0 unspecified atom stereocenters. The number of sulfonamides is 1. The molecule has 1 atom stereocenters. The second-order valence-corrected chi connectivity index (χ2v) is 11.0. The van der Waals surface area contributed by atoms with Gasteiger partial charge in [0.25, 0.3) is 15.9 Å². The summed E-state index contributed by atoms with van der Waals surface area (Å²) in [6.45, 7) is 7.53. The first-order valence-corrected chi connectivity index (χ1v) is 13.2. The summed E-state index contributed by atoms with van der Waals surface area (Å²) in [6.07, 6.45) is 4.63. The van der Waals surface area contributed by atoms with E-state index in [1.165, 1.54) is 30.0 Å². The Balaban J connectivity index is 1.54. The van der Waals surface area contributed by atoms with Gasteiger partial charge < -0.3 is 5.32 Å². The van der Waals surface area contributed by atoms with E-state index in [-0.39, 0.29) is 16.8 Å². The molecule has 0 heterocycles. The molecule has 1 aliphatic rings. The Kier molecular flexibility index (Phi) is 6.80. The molecule has 2 N–H and O–H groups in total. The highest BCUT2D eigenvalue weighted by molar-refractivity contribution is 7.92. The normalized spacial score (nSPS) is 14.2. The van der Waals surface area contributed by atoms with Gasteiger partial charge in [-0.2, -0.15) is 0 Å². The molecule has 1 aliphatic carbocycles. The van der Waals surface area contributed by atoms with Crippen molar-refractivity contribution in [2.24, 2.45) is 0 Å². The maximum atomic E-state index is 13.2. The third kappa shape index (κ3) is 5.33. The first-order valence-electron chi connectivity index (χ1n) is 11.8. The third-order valence-corrected chi connectivity index (χ3v) is 7.96. The summed E-state index contributed by atoms with van der Waals surface area (Å²) < 4.78 is 29.0. The van der Waals surface area contributed by atoms with Crippen LogP contribution in [0.4, 0.5) is 5.69 Å². The number of hydrogen-bond acceptors (Lipinski definition) is 3. The number of anilines is 1. The number of amides is 1. The zero-order valence-electron chi connectivity index (χ0n) is 20.2. The number of rotatable bonds is 6. The largest absolute Gasteiger partial charge is 0.346 e. The lowest BCUT2D eigenvalue weighted by molar-refractivity contribution is 0.0939. The lowest BCUT2D eigenvalue weighted by atomic mass is 9.89. The number of fused-ring (bicyclic) bond motifs is 1. The number of benzene rings is 3. The van der Waals surface area contributed by atoms with Gasteiger partial charge in [-0.15, -0.1) is 0 Å². The highest BCUT2D eigenvalue weighted by atomic mass is 32.2. The summed E-state index contributed by atoms with van der Waals surface area (Å²) in [7, 11) is -3.85. The van der Waals surface area contributed by atoms with E-state index in [1.807, 2.05) is 26.8 Å². The molecule has 0 fully saturated rings. The van der Waals surface area contributed by atoms with E-state index < -0.39 is 10.0 Å². The van der Waals surface area contributed by atoms with Gasteiger partial charge in [-0.1, -0.05) is 30.3 Å². The molecule has 3 aromatic rings. The summed E-state index contributed by atoms with van der Waals surface area (Å²) in [5.74, 6) is -0.298. The Bertz CT molecular complexity index is 1330. The topological polar surface area (TPSA) is 75.3 Å². The molecule has 4 rings (SSSR count). The molecule has 0 bridgehead atoms. The quantitative estimate of drug-likeness (QED) is 0.473. The van der Waals surface area contributed by atoms with Crippen molar-refractivity contribution in [2.75, 3.05) is 4.72 Å². The summed E-state index contributed by atoms with van der Waals surface area (Å²) >= 11 is 0. The van der Waals surface area contributed by atoms with Crippen molar-refractivity contribution in [2.45, 2.75) is 64.3 Å². The average molecular weight is 477 g/mol. The summed E-state index contributed by atoms with van der Waals surface area (Å²) in [4.78, 5) is 13.1. The van der Waals surface area contributed by atoms with E-state index in [2.05, 4.69) is 28.2 Å². The van der Waals surface area contributed by atoms with Crippen molar-refractivity contribution in [3.8, 4) is 0 Å². The van der Waals surface area contributed by atoms with Crippen LogP contribution in [0.2, 0.25) is 0 Å². The highest BCUT2D eigenvalue weighted by Gasteiger charge is 2.21. The van der Waals surface area contributed by atoms with E-state index in [1.54, 1.807) is 31.2 Å². The molecule has 5 nitrogen and oxygen atoms in total. The molecule has 0 saturated carbocycles. The molecule has 6 heteroatoms. The van der Waals surface area contributed by atoms with Crippen molar-refractivity contribution in [1.82, 2.24) is 5.32 Å². The van der Waals surface area contributed by atoms with Crippen LogP contribution in [-0.4, -0.2) is 14.3 Å². The minimum Gasteiger partial charge on any atom is -0.346 e. The molecular weight excluding hydrogens is 444 g/mol. The molecule has 34 heavy (non-hydrogen) atoms. The zero-order valence-corrected chi connectivity index (χ0v) is 21.1. The van der Waals surface area contributed by atoms with Gasteiger partial charge in [-0.05, 0) is 111 Å². The van der Waals surface area contributed by atoms with Crippen molar-refractivity contribution >= 4 is 21.6 Å². The number of carbonyl (C=O) groups excluding carboxylic acids is 1. The second-order valence-electron chi connectivity index (χ2n) is 9.39. The first-order chi connectivity index (χ1) is 16.1. The zero-order chi connectivity index (χ0) is 24.5. The number of aryl methyl sites for hydroxylation is 5. The summed E-state index contributed by atoms with van der Waals surface area (Å²) in [5, 5.41) is 3.03. The standard InChI is InChI=1S/C28H32N2O3S/c1-18-13-19(2)15-26(14-18)30-34(32,33)27-17-25(10-9-20(27)3)28(31)29-21(4)23-12-11-22-7-5-6-8-24(22)16-23/h9-17,21,30H,5-8H2,1-4H3,(H,29,31)/t21-/m1/s1. The minimum absolute atomic E-state index is 0.0979. The van der Waals surface area contributed by atoms with Crippen LogP contribution in [0.3, 0.4) is 0 Å². The summed E-state index contributed by atoms with van der Waals surface area (Å²) in [6, 6.07) is 16.6. The van der Waals surface area contributed by atoms with Crippen molar-refractivity contribution in [3.05, 3.63) is 93.5 Å². The van der Waals surface area contributed by atoms with Crippen LogP contribution in [0, 0.1) is 20.8 Å². The van der Waals surface area contributed by atoms with Gasteiger partial charge in [0.1, 0.15) is 0 Å². The fourth-order valence-electron chi connectivity index (χ4n) is 4.66. The molecule has 1 amide bonds. The lowest BCUT2D eigenvalue weighted by Crippen LogP contribution is -2.27. The maximum Gasteiger partial charge on any atom is 0.262 e. The van der Waals surface area contributed by atoms with E-state index in [9.17, 15) is 13.2 Å². The van der Waals surface area contributed by atoms with Gasteiger partial charge in [-0.25, -0.2) is 8.42 Å². The Morgan fingerprint density at radius 1 is 0.853 bits per heavy atom. The molecule has 0 radical (unpaired) electrons. The van der Waals surface area contributed by atoms with Gasteiger partial charge in [0.2, 0.25) is 0 Å². The van der Waals surface area contributed by atoms with Gasteiger partial charge in [0.05, 0.1) is 10.9 Å². The van der Waals surface area contributed by atoms with Crippen LogP contribution < -0.4 is 10.0 Å². The predicted molar refractivity (Wildman–Crippen MR) is 137 cm³/mol. The Labute approximate surface area is 202 Å². The van der Waals surface area contributed by atoms with Crippen LogP contribution in [0.25, 0.3) is 0 Å². The Morgan fingerprint density at radius 3 is 2.24 bits per heavy atom. The van der Waals surface area contributed by atoms with E-state index in [0.717, 1.165) is 29.5 Å². The number of nitrogens with one attached hydrogen (secondary N) is 2. The molecule has 0 saturated heterocycles. The summed E-state index contributed by atoms with van der Waals surface area (Å²) in [5.41, 5.74) is 7.17. The monoisotopic (exact) mass is 476 g/mol. The Morgan fingerprint density at radius 2 is 1.53 bits per heavy atom. The van der Waals surface area contributed by atoms with E-state index in [0.29, 0.717) is 16.8 Å². The third-order valence-electron chi connectivity index (χ3n) is 6.43. The SMILES string of the molecule is Cc1cc(C)cc(NS(=O)(=O)c2cc(C(=O)N[C@H](C)c3ccc4c(c3)CCCC4)ccc2C)c1. The fraction of sp³-hybridized carbons (Fsp3) is 0.321. The fourth-order valence-corrected chi connectivity index (χ4v) is 5.97. The van der Waals surface area contributed by atoms with Gasteiger partial charge >= 0.3 is 0 Å². The molecule has 3 aromatic carbocycles. The molecular formula is C28H32N2O3S. The maximum absolute atomic E-state index is 13.2.